The van der Waals surface area contributed by atoms with Gasteiger partial charge in [-0.05, 0) is 5.92 Å². The number of carbonyl (C=O) groups is 1. The maximum atomic E-state index is 11.0. The summed E-state index contributed by atoms with van der Waals surface area (Å²) in [6, 6.07) is -0.955. The van der Waals surface area contributed by atoms with E-state index in [1.165, 1.54) is 0 Å². The first-order valence-electron chi connectivity index (χ1n) is 3.79. The van der Waals surface area contributed by atoms with Gasteiger partial charge >= 0.3 is 16.3 Å². The van der Waals surface area contributed by atoms with Gasteiger partial charge in [-0.2, -0.15) is 13.6 Å². The molecule has 2 atom stereocenters. The fraction of sp³-hybridized carbons (Fsp3) is 0.833. The number of rotatable bonds is 4. The maximum Gasteiger partial charge on any atom is 0.382 e. The molecule has 0 heterocycles. The highest BCUT2D eigenvalue weighted by molar-refractivity contribution is 7.84. The van der Waals surface area contributed by atoms with E-state index < -0.39 is 22.3 Å². The quantitative estimate of drug-likeness (QED) is 0.624. The van der Waals surface area contributed by atoms with E-state index in [1.807, 2.05) is 6.92 Å². The van der Waals surface area contributed by atoms with Gasteiger partial charge in [0.25, 0.3) is 0 Å². The van der Waals surface area contributed by atoms with Crippen molar-refractivity contribution >= 4 is 16.3 Å². The van der Waals surface area contributed by atoms with Crippen molar-refractivity contribution in [1.29, 1.82) is 0 Å². The summed E-state index contributed by atoms with van der Waals surface area (Å²) < 4.78 is 24.6. The van der Waals surface area contributed by atoms with E-state index in [-0.39, 0.29) is 5.92 Å². The van der Waals surface area contributed by atoms with Crippen molar-refractivity contribution in [1.82, 2.24) is 0 Å². The van der Waals surface area contributed by atoms with Crippen molar-refractivity contribution in [2.24, 2.45) is 16.8 Å². The zero-order valence-electron chi connectivity index (χ0n) is 7.56. The molecule has 0 aromatic carbocycles. The third-order valence-corrected chi connectivity index (χ3v) is 2.12. The predicted molar refractivity (Wildman–Crippen MR) is 46.6 cm³/mol. The van der Waals surface area contributed by atoms with Crippen molar-refractivity contribution < 1.29 is 17.4 Å². The fourth-order valence-electron chi connectivity index (χ4n) is 0.656. The molecule has 4 N–H and O–H groups in total. The minimum absolute atomic E-state index is 0.144. The molecule has 7 heteroatoms. The number of nitrogens with two attached hydrogens (primary N) is 2. The average molecular weight is 210 g/mol. The minimum atomic E-state index is -4.24. The molecule has 0 saturated heterocycles. The topological polar surface area (TPSA) is 112 Å². The lowest BCUT2D eigenvalue weighted by Gasteiger charge is -2.15. The molecule has 0 saturated carbocycles. The summed E-state index contributed by atoms with van der Waals surface area (Å²) in [6.45, 7) is 3.55. The van der Waals surface area contributed by atoms with Crippen LogP contribution in [0.25, 0.3) is 0 Å². The molecule has 0 aliphatic rings. The molecule has 0 aromatic rings. The lowest BCUT2D eigenvalue weighted by atomic mass is 10.0. The summed E-state index contributed by atoms with van der Waals surface area (Å²) in [5.74, 6) is -1.16. The van der Waals surface area contributed by atoms with Gasteiger partial charge in [0.2, 0.25) is 0 Å². The SMILES string of the molecule is CC[C@H](C)[C@H](N)C(=O)OS(N)(=O)=O. The van der Waals surface area contributed by atoms with Crippen LogP contribution in [-0.2, 0) is 19.3 Å². The van der Waals surface area contributed by atoms with Crippen LogP contribution < -0.4 is 10.9 Å². The lowest BCUT2D eigenvalue weighted by Crippen LogP contribution is -2.40. The lowest BCUT2D eigenvalue weighted by molar-refractivity contribution is -0.136. The van der Waals surface area contributed by atoms with Crippen LogP contribution in [-0.4, -0.2) is 20.4 Å². The Kier molecular flexibility index (Phi) is 4.31. The van der Waals surface area contributed by atoms with Crippen LogP contribution >= 0.6 is 0 Å². The Balaban J connectivity index is 4.28. The van der Waals surface area contributed by atoms with Crippen LogP contribution in [0, 0.1) is 5.92 Å². The van der Waals surface area contributed by atoms with Crippen molar-refractivity contribution in [3.05, 3.63) is 0 Å². The highest BCUT2D eigenvalue weighted by Crippen LogP contribution is 2.07. The Morgan fingerprint density at radius 1 is 1.54 bits per heavy atom. The third kappa shape index (κ3) is 4.81. The van der Waals surface area contributed by atoms with Crippen molar-refractivity contribution in [3.8, 4) is 0 Å². The smallest absolute Gasteiger partial charge is 0.333 e. The van der Waals surface area contributed by atoms with Crippen LogP contribution in [0.2, 0.25) is 0 Å². The second-order valence-corrected chi connectivity index (χ2v) is 3.96. The molecule has 0 bridgehead atoms. The summed E-state index contributed by atoms with van der Waals surface area (Å²) >= 11 is 0. The maximum absolute atomic E-state index is 11.0. The first-order chi connectivity index (χ1) is 5.78. The molecule has 13 heavy (non-hydrogen) atoms. The zero-order chi connectivity index (χ0) is 10.6. The Morgan fingerprint density at radius 2 is 2.00 bits per heavy atom. The monoisotopic (exact) mass is 210 g/mol. The second-order valence-electron chi connectivity index (χ2n) is 2.81. The van der Waals surface area contributed by atoms with Gasteiger partial charge in [0, 0.05) is 0 Å². The van der Waals surface area contributed by atoms with Gasteiger partial charge in [-0.1, -0.05) is 20.3 Å². The van der Waals surface area contributed by atoms with Crippen LogP contribution in [0.5, 0.6) is 0 Å². The van der Waals surface area contributed by atoms with E-state index >= 15 is 0 Å². The van der Waals surface area contributed by atoms with Crippen LogP contribution in [0.4, 0.5) is 0 Å². The standard InChI is InChI=1S/C6H14N2O4S/c1-3-4(2)5(7)6(9)12-13(8,10)11/h4-5H,3,7H2,1-2H3,(H2,8,10,11)/t4-,5-/m0/s1. The highest BCUT2D eigenvalue weighted by atomic mass is 32.2. The first kappa shape index (κ1) is 12.3. The summed E-state index contributed by atoms with van der Waals surface area (Å²) in [7, 11) is -4.24. The van der Waals surface area contributed by atoms with E-state index in [1.54, 1.807) is 6.92 Å². The molecule has 0 unspecified atom stereocenters. The van der Waals surface area contributed by atoms with Gasteiger partial charge < -0.3 is 9.92 Å². The summed E-state index contributed by atoms with van der Waals surface area (Å²) in [4.78, 5) is 11.0. The number of hydrogen-bond donors (Lipinski definition) is 2. The van der Waals surface area contributed by atoms with E-state index in [0.717, 1.165) is 0 Å². The Hall–Kier alpha value is -0.660. The van der Waals surface area contributed by atoms with E-state index in [2.05, 4.69) is 9.32 Å². The van der Waals surface area contributed by atoms with Crippen molar-refractivity contribution in [2.45, 2.75) is 26.3 Å². The first-order valence-corrected chi connectivity index (χ1v) is 5.26. The largest absolute Gasteiger partial charge is 0.382 e. The Bertz CT molecular complexity index is 274. The second kappa shape index (κ2) is 4.54. The minimum Gasteiger partial charge on any atom is -0.333 e. The predicted octanol–water partition coefficient (Wildman–Crippen LogP) is -0.893. The molecule has 0 aliphatic heterocycles. The molecule has 0 aliphatic carbocycles. The molecular weight excluding hydrogens is 196 g/mol. The van der Waals surface area contributed by atoms with E-state index in [0.29, 0.717) is 6.42 Å². The zero-order valence-corrected chi connectivity index (χ0v) is 8.37. The van der Waals surface area contributed by atoms with E-state index in [9.17, 15) is 13.2 Å². The molecule has 0 fully saturated rings. The number of hydrogen-bond acceptors (Lipinski definition) is 5. The molecule has 0 aromatic heterocycles. The Labute approximate surface area is 77.5 Å². The molecule has 0 rings (SSSR count). The Morgan fingerprint density at radius 3 is 2.31 bits per heavy atom. The summed E-state index contributed by atoms with van der Waals surface area (Å²) in [6.07, 6.45) is 0.654. The highest BCUT2D eigenvalue weighted by Gasteiger charge is 2.24. The normalized spacial score (nSPS) is 16.3. The third-order valence-electron chi connectivity index (χ3n) is 1.73. The summed E-state index contributed by atoms with van der Waals surface area (Å²) in [5, 5.41) is 4.49. The van der Waals surface area contributed by atoms with Crippen LogP contribution in [0.3, 0.4) is 0 Å². The van der Waals surface area contributed by atoms with Gasteiger partial charge in [-0.25, -0.2) is 4.79 Å². The van der Waals surface area contributed by atoms with Gasteiger partial charge in [-0.15, -0.1) is 0 Å². The average Bonchev–Trinajstić information content (AvgIpc) is 1.98. The van der Waals surface area contributed by atoms with Crippen molar-refractivity contribution in [2.75, 3.05) is 0 Å². The van der Waals surface area contributed by atoms with Gasteiger partial charge in [0.05, 0.1) is 0 Å². The summed E-state index contributed by atoms with van der Waals surface area (Å²) in [5.41, 5.74) is 5.38. The van der Waals surface area contributed by atoms with Crippen molar-refractivity contribution in [3.63, 3.8) is 0 Å². The molecule has 0 radical (unpaired) electrons. The molecule has 0 amide bonds. The number of carbonyl (C=O) groups excluding carboxylic acids is 1. The van der Waals surface area contributed by atoms with Crippen LogP contribution in [0.1, 0.15) is 20.3 Å². The van der Waals surface area contributed by atoms with Gasteiger partial charge in [0.1, 0.15) is 6.04 Å². The van der Waals surface area contributed by atoms with E-state index in [4.69, 9.17) is 5.73 Å². The van der Waals surface area contributed by atoms with Gasteiger partial charge in [0.15, 0.2) is 0 Å². The molecule has 6 nitrogen and oxygen atoms in total. The van der Waals surface area contributed by atoms with Crippen LogP contribution in [0.15, 0.2) is 0 Å². The molecule has 78 valence electrons. The molecule has 0 spiro atoms. The fourth-order valence-corrected chi connectivity index (χ4v) is 0.996. The van der Waals surface area contributed by atoms with Gasteiger partial charge in [-0.3, -0.25) is 0 Å². The molecular formula is C6H14N2O4S.